The maximum Gasteiger partial charge on any atom is 0.254 e. The maximum absolute atomic E-state index is 13.2. The summed E-state index contributed by atoms with van der Waals surface area (Å²) < 4.78 is 5.73. The van der Waals surface area contributed by atoms with Crippen LogP contribution in [-0.2, 0) is 0 Å². The minimum absolute atomic E-state index is 0.0567. The number of amides is 1. The lowest BCUT2D eigenvalue weighted by atomic mass is 9.76. The minimum atomic E-state index is -0.128. The molecule has 26 heavy (non-hydrogen) atoms. The van der Waals surface area contributed by atoms with Crippen molar-refractivity contribution in [2.75, 3.05) is 26.2 Å². The average Bonchev–Trinajstić information content (AvgIpc) is 3.27. The SMILES string of the molecule is CCN1CCC2(CC1)CC(c1nnc(C)o1)N(C(=O)c1ccccc1)C2. The van der Waals surface area contributed by atoms with E-state index in [0.717, 1.165) is 51.0 Å². The van der Waals surface area contributed by atoms with Gasteiger partial charge in [-0.15, -0.1) is 10.2 Å². The summed E-state index contributed by atoms with van der Waals surface area (Å²) in [4.78, 5) is 17.7. The normalized spacial score (nSPS) is 22.8. The number of hydrogen-bond donors (Lipinski definition) is 0. The van der Waals surface area contributed by atoms with E-state index < -0.39 is 0 Å². The number of likely N-dealkylation sites (tertiary alicyclic amines) is 2. The number of rotatable bonds is 3. The first-order valence-electron chi connectivity index (χ1n) is 9.49. The highest BCUT2D eigenvalue weighted by Gasteiger charge is 2.49. The number of carbonyl (C=O) groups excluding carboxylic acids is 1. The number of carbonyl (C=O) groups is 1. The van der Waals surface area contributed by atoms with Crippen molar-refractivity contribution < 1.29 is 9.21 Å². The predicted octanol–water partition coefficient (Wildman–Crippen LogP) is 3.07. The zero-order chi connectivity index (χ0) is 18.1. The monoisotopic (exact) mass is 354 g/mol. The van der Waals surface area contributed by atoms with Crippen LogP contribution in [0.15, 0.2) is 34.7 Å². The van der Waals surface area contributed by atoms with Gasteiger partial charge in [-0.25, -0.2) is 0 Å². The van der Waals surface area contributed by atoms with Gasteiger partial charge in [0.2, 0.25) is 11.8 Å². The third-order valence-electron chi connectivity index (χ3n) is 5.98. The highest BCUT2D eigenvalue weighted by atomic mass is 16.4. The molecule has 0 saturated carbocycles. The molecule has 1 spiro atoms. The second-order valence-electron chi connectivity index (χ2n) is 7.61. The first-order chi connectivity index (χ1) is 12.6. The van der Waals surface area contributed by atoms with Crippen molar-refractivity contribution >= 4 is 5.91 Å². The Kier molecular flexibility index (Phi) is 4.53. The van der Waals surface area contributed by atoms with Crippen LogP contribution in [0.1, 0.15) is 54.4 Å². The third-order valence-corrected chi connectivity index (χ3v) is 5.98. The van der Waals surface area contributed by atoms with E-state index in [1.54, 1.807) is 6.92 Å². The predicted molar refractivity (Wildman–Crippen MR) is 97.7 cm³/mol. The van der Waals surface area contributed by atoms with E-state index in [4.69, 9.17) is 4.42 Å². The molecular formula is C20H26N4O2. The molecule has 1 aromatic carbocycles. The summed E-state index contributed by atoms with van der Waals surface area (Å²) in [5.41, 5.74) is 0.875. The first kappa shape index (κ1) is 17.2. The fourth-order valence-corrected chi connectivity index (χ4v) is 4.39. The summed E-state index contributed by atoms with van der Waals surface area (Å²) >= 11 is 0. The van der Waals surface area contributed by atoms with Crippen molar-refractivity contribution in [2.45, 2.75) is 39.2 Å². The molecule has 4 rings (SSSR count). The zero-order valence-corrected chi connectivity index (χ0v) is 15.5. The van der Waals surface area contributed by atoms with Gasteiger partial charge in [-0.3, -0.25) is 4.79 Å². The second kappa shape index (κ2) is 6.83. The van der Waals surface area contributed by atoms with E-state index in [0.29, 0.717) is 11.8 Å². The quantitative estimate of drug-likeness (QED) is 0.848. The van der Waals surface area contributed by atoms with Crippen LogP contribution in [0.2, 0.25) is 0 Å². The van der Waals surface area contributed by atoms with Gasteiger partial charge in [0, 0.05) is 19.0 Å². The molecule has 0 aliphatic carbocycles. The van der Waals surface area contributed by atoms with Gasteiger partial charge in [0.25, 0.3) is 5.91 Å². The molecule has 6 nitrogen and oxygen atoms in total. The van der Waals surface area contributed by atoms with E-state index in [1.807, 2.05) is 35.2 Å². The summed E-state index contributed by atoms with van der Waals surface area (Å²) in [6.45, 7) is 8.06. The molecule has 138 valence electrons. The van der Waals surface area contributed by atoms with E-state index in [2.05, 4.69) is 22.0 Å². The lowest BCUT2D eigenvalue weighted by molar-refractivity contribution is 0.0673. The molecule has 2 saturated heterocycles. The van der Waals surface area contributed by atoms with Crippen LogP contribution in [0.3, 0.4) is 0 Å². The van der Waals surface area contributed by atoms with Crippen molar-refractivity contribution in [1.82, 2.24) is 20.0 Å². The Morgan fingerprint density at radius 1 is 1.23 bits per heavy atom. The topological polar surface area (TPSA) is 62.5 Å². The van der Waals surface area contributed by atoms with Gasteiger partial charge in [-0.05, 0) is 56.4 Å². The van der Waals surface area contributed by atoms with Crippen molar-refractivity contribution in [2.24, 2.45) is 5.41 Å². The second-order valence-corrected chi connectivity index (χ2v) is 7.61. The molecule has 0 N–H and O–H groups in total. The molecule has 2 aromatic rings. The summed E-state index contributed by atoms with van der Waals surface area (Å²) in [7, 11) is 0. The molecular weight excluding hydrogens is 328 g/mol. The molecule has 2 fully saturated rings. The number of hydrogen-bond acceptors (Lipinski definition) is 5. The lowest BCUT2D eigenvalue weighted by Crippen LogP contribution is -2.42. The number of piperidine rings is 1. The van der Waals surface area contributed by atoms with Gasteiger partial charge in [0.05, 0.1) is 0 Å². The fraction of sp³-hybridized carbons (Fsp3) is 0.550. The van der Waals surface area contributed by atoms with E-state index in [9.17, 15) is 4.79 Å². The van der Waals surface area contributed by atoms with Crippen LogP contribution < -0.4 is 0 Å². The van der Waals surface area contributed by atoms with Crippen LogP contribution in [-0.4, -0.2) is 52.1 Å². The van der Waals surface area contributed by atoms with E-state index in [-0.39, 0.29) is 17.4 Å². The molecule has 1 amide bonds. The summed E-state index contributed by atoms with van der Waals surface area (Å²) in [5.74, 6) is 1.18. The van der Waals surface area contributed by atoms with Crippen molar-refractivity contribution in [3.8, 4) is 0 Å². The van der Waals surface area contributed by atoms with Gasteiger partial charge in [-0.2, -0.15) is 0 Å². The highest BCUT2D eigenvalue weighted by Crippen LogP contribution is 2.49. The van der Waals surface area contributed by atoms with Gasteiger partial charge in [-0.1, -0.05) is 25.1 Å². The number of aromatic nitrogens is 2. The summed E-state index contributed by atoms with van der Waals surface area (Å²) in [6.07, 6.45) is 3.14. The summed E-state index contributed by atoms with van der Waals surface area (Å²) in [5, 5.41) is 8.24. The summed E-state index contributed by atoms with van der Waals surface area (Å²) in [6, 6.07) is 9.38. The van der Waals surface area contributed by atoms with Gasteiger partial charge in [0.1, 0.15) is 6.04 Å². The Morgan fingerprint density at radius 3 is 2.58 bits per heavy atom. The third kappa shape index (κ3) is 3.14. The smallest absolute Gasteiger partial charge is 0.254 e. The lowest BCUT2D eigenvalue weighted by Gasteiger charge is -2.38. The zero-order valence-electron chi connectivity index (χ0n) is 15.5. The fourth-order valence-electron chi connectivity index (χ4n) is 4.39. The van der Waals surface area contributed by atoms with Crippen LogP contribution in [0.4, 0.5) is 0 Å². The van der Waals surface area contributed by atoms with Gasteiger partial charge in [0.15, 0.2) is 0 Å². The first-order valence-corrected chi connectivity index (χ1v) is 9.49. The highest BCUT2D eigenvalue weighted by molar-refractivity contribution is 5.94. The Balaban J connectivity index is 1.62. The Hall–Kier alpha value is -2.21. The largest absolute Gasteiger partial charge is 0.423 e. The number of aryl methyl sites for hydroxylation is 1. The van der Waals surface area contributed by atoms with Crippen LogP contribution in [0, 0.1) is 12.3 Å². The van der Waals surface area contributed by atoms with Crippen molar-refractivity contribution in [3.05, 3.63) is 47.7 Å². The molecule has 6 heteroatoms. The van der Waals surface area contributed by atoms with E-state index in [1.165, 1.54) is 0 Å². The Morgan fingerprint density at radius 2 is 1.96 bits per heavy atom. The van der Waals surface area contributed by atoms with Crippen LogP contribution in [0.25, 0.3) is 0 Å². The molecule has 1 aromatic heterocycles. The molecule has 0 radical (unpaired) electrons. The molecule has 1 unspecified atom stereocenters. The van der Waals surface area contributed by atoms with Crippen LogP contribution >= 0.6 is 0 Å². The number of nitrogens with zero attached hydrogens (tertiary/aromatic N) is 4. The van der Waals surface area contributed by atoms with Gasteiger partial charge < -0.3 is 14.2 Å². The molecule has 0 bridgehead atoms. The van der Waals surface area contributed by atoms with Crippen molar-refractivity contribution in [3.63, 3.8) is 0 Å². The number of benzene rings is 1. The molecule has 1 atom stereocenters. The molecule has 2 aliphatic rings. The standard InChI is InChI=1S/C20H26N4O2/c1-3-23-11-9-20(10-12-23)13-17(18-22-21-15(2)26-18)24(14-20)19(25)16-7-5-4-6-8-16/h4-8,17H,3,9-14H2,1-2H3. The Labute approximate surface area is 154 Å². The Bertz CT molecular complexity index is 765. The molecule has 3 heterocycles. The minimum Gasteiger partial charge on any atom is -0.423 e. The maximum atomic E-state index is 13.2. The molecule has 2 aliphatic heterocycles. The van der Waals surface area contributed by atoms with E-state index >= 15 is 0 Å². The van der Waals surface area contributed by atoms with Crippen molar-refractivity contribution in [1.29, 1.82) is 0 Å². The van der Waals surface area contributed by atoms with Gasteiger partial charge >= 0.3 is 0 Å². The van der Waals surface area contributed by atoms with Crippen LogP contribution in [0.5, 0.6) is 0 Å². The average molecular weight is 354 g/mol.